The van der Waals surface area contributed by atoms with Crippen molar-refractivity contribution in [1.29, 1.82) is 0 Å². The number of benzene rings is 1. The SMILES string of the molecule is O=C(O)c1cc(N2CCC(CCn3cccn3)CC2)nc2ccccc12. The lowest BCUT2D eigenvalue weighted by Gasteiger charge is -2.33. The number of aryl methyl sites for hydroxylation is 1. The highest BCUT2D eigenvalue weighted by molar-refractivity contribution is 6.03. The third-order valence-corrected chi connectivity index (χ3v) is 5.20. The van der Waals surface area contributed by atoms with Crippen LogP contribution in [0, 0.1) is 5.92 Å². The second kappa shape index (κ2) is 7.15. The van der Waals surface area contributed by atoms with Crippen LogP contribution in [0.25, 0.3) is 10.9 Å². The maximum atomic E-state index is 11.6. The zero-order chi connectivity index (χ0) is 17.9. The molecule has 0 spiro atoms. The van der Waals surface area contributed by atoms with Crippen LogP contribution in [-0.2, 0) is 6.54 Å². The molecule has 1 aliphatic heterocycles. The van der Waals surface area contributed by atoms with Gasteiger partial charge in [0.2, 0.25) is 0 Å². The lowest BCUT2D eigenvalue weighted by Crippen LogP contribution is -2.34. The van der Waals surface area contributed by atoms with E-state index in [-0.39, 0.29) is 0 Å². The Bertz CT molecular complexity index is 899. The molecule has 0 unspecified atom stereocenters. The van der Waals surface area contributed by atoms with Crippen molar-refractivity contribution in [2.75, 3.05) is 18.0 Å². The van der Waals surface area contributed by atoms with Gasteiger partial charge in [-0.1, -0.05) is 18.2 Å². The van der Waals surface area contributed by atoms with E-state index in [1.165, 1.54) is 0 Å². The van der Waals surface area contributed by atoms with Crippen molar-refractivity contribution in [3.05, 3.63) is 54.4 Å². The quantitative estimate of drug-likeness (QED) is 0.763. The molecule has 0 saturated carbocycles. The fraction of sp³-hybridized carbons (Fsp3) is 0.350. The van der Waals surface area contributed by atoms with E-state index in [4.69, 9.17) is 4.98 Å². The van der Waals surface area contributed by atoms with Crippen LogP contribution in [0.5, 0.6) is 0 Å². The highest BCUT2D eigenvalue weighted by Crippen LogP contribution is 2.28. The molecule has 1 aromatic carbocycles. The normalized spacial score (nSPS) is 15.5. The predicted octanol–water partition coefficient (Wildman–Crippen LogP) is 3.44. The van der Waals surface area contributed by atoms with Gasteiger partial charge in [-0.15, -0.1) is 0 Å². The highest BCUT2D eigenvalue weighted by atomic mass is 16.4. The molecule has 3 aromatic rings. The molecule has 1 aliphatic rings. The molecule has 1 fully saturated rings. The Hall–Kier alpha value is -2.89. The summed E-state index contributed by atoms with van der Waals surface area (Å²) in [6.07, 6.45) is 7.13. The number of anilines is 1. The summed E-state index contributed by atoms with van der Waals surface area (Å²) in [6, 6.07) is 11.1. The average Bonchev–Trinajstić information content (AvgIpc) is 3.19. The standard InChI is InChI=1S/C20H22N4O2/c25-20(26)17-14-19(22-18-5-2-1-4-16(17)18)23-11-6-15(7-12-23)8-13-24-10-3-9-21-24/h1-5,9-10,14-15H,6-8,11-13H2,(H,25,26). The molecule has 6 nitrogen and oxygen atoms in total. The average molecular weight is 350 g/mol. The van der Waals surface area contributed by atoms with Crippen LogP contribution in [-0.4, -0.2) is 38.9 Å². The van der Waals surface area contributed by atoms with Gasteiger partial charge in [0.25, 0.3) is 0 Å². The van der Waals surface area contributed by atoms with Crippen molar-refractivity contribution in [1.82, 2.24) is 14.8 Å². The fourth-order valence-corrected chi connectivity index (χ4v) is 3.70. The van der Waals surface area contributed by atoms with Crippen LogP contribution >= 0.6 is 0 Å². The van der Waals surface area contributed by atoms with Gasteiger partial charge < -0.3 is 10.0 Å². The van der Waals surface area contributed by atoms with Gasteiger partial charge >= 0.3 is 5.97 Å². The molecule has 1 N–H and O–H groups in total. The molecule has 0 bridgehead atoms. The van der Waals surface area contributed by atoms with Gasteiger partial charge in [-0.05, 0) is 43.4 Å². The van der Waals surface area contributed by atoms with Gasteiger partial charge in [-0.25, -0.2) is 9.78 Å². The second-order valence-electron chi connectivity index (χ2n) is 6.84. The van der Waals surface area contributed by atoms with Gasteiger partial charge in [0.15, 0.2) is 0 Å². The van der Waals surface area contributed by atoms with Crippen molar-refractivity contribution >= 4 is 22.7 Å². The molecule has 4 rings (SSSR count). The summed E-state index contributed by atoms with van der Waals surface area (Å²) in [5.41, 5.74) is 1.06. The van der Waals surface area contributed by atoms with Gasteiger partial charge in [-0.3, -0.25) is 4.68 Å². The Labute approximate surface area is 152 Å². The highest BCUT2D eigenvalue weighted by Gasteiger charge is 2.22. The topological polar surface area (TPSA) is 71.2 Å². The zero-order valence-corrected chi connectivity index (χ0v) is 14.6. The Balaban J connectivity index is 1.46. The summed E-state index contributed by atoms with van der Waals surface area (Å²) in [5.74, 6) is 0.542. The van der Waals surface area contributed by atoms with E-state index in [1.54, 1.807) is 6.07 Å². The minimum atomic E-state index is -0.904. The molecule has 6 heteroatoms. The molecule has 1 saturated heterocycles. The first-order valence-corrected chi connectivity index (χ1v) is 9.06. The first kappa shape index (κ1) is 16.6. The van der Waals surface area contributed by atoms with Gasteiger partial charge in [0, 0.05) is 37.4 Å². The summed E-state index contributed by atoms with van der Waals surface area (Å²) < 4.78 is 1.98. The van der Waals surface area contributed by atoms with E-state index in [9.17, 15) is 9.90 Å². The van der Waals surface area contributed by atoms with Crippen LogP contribution in [0.4, 0.5) is 5.82 Å². The zero-order valence-electron chi connectivity index (χ0n) is 14.6. The molecule has 0 aliphatic carbocycles. The summed E-state index contributed by atoms with van der Waals surface area (Å²) in [6.45, 7) is 2.78. The Kier molecular flexibility index (Phi) is 4.56. The Morgan fingerprint density at radius 3 is 2.73 bits per heavy atom. The number of aromatic nitrogens is 3. The molecule has 3 heterocycles. The van der Waals surface area contributed by atoms with E-state index in [1.807, 2.05) is 47.4 Å². The molecular formula is C20H22N4O2. The van der Waals surface area contributed by atoms with E-state index < -0.39 is 5.97 Å². The molecule has 0 atom stereocenters. The molecule has 0 amide bonds. The maximum absolute atomic E-state index is 11.6. The van der Waals surface area contributed by atoms with Crippen LogP contribution in [0.1, 0.15) is 29.6 Å². The number of para-hydroxylation sites is 1. The fourth-order valence-electron chi connectivity index (χ4n) is 3.70. The van der Waals surface area contributed by atoms with Crippen molar-refractivity contribution in [2.45, 2.75) is 25.8 Å². The molecule has 2 aromatic heterocycles. The number of carbonyl (C=O) groups is 1. The van der Waals surface area contributed by atoms with E-state index in [0.29, 0.717) is 16.9 Å². The monoisotopic (exact) mass is 350 g/mol. The van der Waals surface area contributed by atoms with Crippen LogP contribution in [0.15, 0.2) is 48.8 Å². The van der Waals surface area contributed by atoms with Crippen LogP contribution < -0.4 is 4.90 Å². The number of aromatic carboxylic acids is 1. The molecule has 0 radical (unpaired) electrons. The smallest absolute Gasteiger partial charge is 0.336 e. The van der Waals surface area contributed by atoms with Crippen LogP contribution in [0.3, 0.4) is 0 Å². The minimum Gasteiger partial charge on any atom is -0.478 e. The summed E-state index contributed by atoms with van der Waals surface area (Å²) >= 11 is 0. The summed E-state index contributed by atoms with van der Waals surface area (Å²) in [5, 5.41) is 14.5. The van der Waals surface area contributed by atoms with E-state index in [2.05, 4.69) is 10.00 Å². The number of piperidine rings is 1. The number of pyridine rings is 1. The lowest BCUT2D eigenvalue weighted by atomic mass is 9.93. The number of fused-ring (bicyclic) bond motifs is 1. The number of carboxylic acid groups (broad SMARTS) is 1. The van der Waals surface area contributed by atoms with E-state index >= 15 is 0 Å². The Morgan fingerprint density at radius 1 is 1.19 bits per heavy atom. The minimum absolute atomic E-state index is 0.325. The van der Waals surface area contributed by atoms with Crippen molar-refractivity contribution in [3.63, 3.8) is 0 Å². The summed E-state index contributed by atoms with van der Waals surface area (Å²) in [4.78, 5) is 18.6. The summed E-state index contributed by atoms with van der Waals surface area (Å²) in [7, 11) is 0. The third-order valence-electron chi connectivity index (χ3n) is 5.20. The molecular weight excluding hydrogens is 328 g/mol. The first-order chi connectivity index (χ1) is 12.7. The maximum Gasteiger partial charge on any atom is 0.336 e. The van der Waals surface area contributed by atoms with E-state index in [0.717, 1.165) is 50.2 Å². The van der Waals surface area contributed by atoms with Crippen molar-refractivity contribution in [2.24, 2.45) is 5.92 Å². The first-order valence-electron chi connectivity index (χ1n) is 9.06. The second-order valence-corrected chi connectivity index (χ2v) is 6.84. The van der Waals surface area contributed by atoms with Gasteiger partial charge in [0.1, 0.15) is 5.82 Å². The molecule has 134 valence electrons. The van der Waals surface area contributed by atoms with Crippen molar-refractivity contribution in [3.8, 4) is 0 Å². The third kappa shape index (κ3) is 3.40. The van der Waals surface area contributed by atoms with Crippen LogP contribution in [0.2, 0.25) is 0 Å². The number of rotatable bonds is 5. The largest absolute Gasteiger partial charge is 0.478 e. The Morgan fingerprint density at radius 2 is 2.00 bits per heavy atom. The number of hydrogen-bond acceptors (Lipinski definition) is 4. The van der Waals surface area contributed by atoms with Gasteiger partial charge in [-0.2, -0.15) is 5.10 Å². The van der Waals surface area contributed by atoms with Crippen molar-refractivity contribution < 1.29 is 9.90 Å². The number of carboxylic acids is 1. The van der Waals surface area contributed by atoms with Gasteiger partial charge in [0.05, 0.1) is 11.1 Å². The number of nitrogens with zero attached hydrogens (tertiary/aromatic N) is 4. The predicted molar refractivity (Wildman–Crippen MR) is 100 cm³/mol. The molecule has 26 heavy (non-hydrogen) atoms. The number of hydrogen-bond donors (Lipinski definition) is 1. The lowest BCUT2D eigenvalue weighted by molar-refractivity contribution is 0.0699.